The van der Waals surface area contributed by atoms with Crippen molar-refractivity contribution in [3.05, 3.63) is 41.5 Å². The van der Waals surface area contributed by atoms with Crippen LogP contribution in [0.15, 0.2) is 30.3 Å². The lowest BCUT2D eigenvalue weighted by molar-refractivity contribution is 0.359. The van der Waals surface area contributed by atoms with Gasteiger partial charge in [0.2, 0.25) is 7.59 Å². The molecule has 0 aliphatic carbocycles. The summed E-state index contributed by atoms with van der Waals surface area (Å²) in [6.07, 6.45) is 0. The van der Waals surface area contributed by atoms with Crippen LogP contribution in [0.3, 0.4) is 0 Å². The average Bonchev–Trinajstić information content (AvgIpc) is 2.25. The van der Waals surface area contributed by atoms with E-state index in [-0.39, 0.29) is 11.3 Å². The third kappa shape index (κ3) is 3.29. The van der Waals surface area contributed by atoms with Gasteiger partial charge in [0.05, 0.1) is 0 Å². The van der Waals surface area contributed by atoms with Crippen LogP contribution >= 0.6 is 69.6 Å². The molecule has 1 nitrogen and oxygen atoms in total. The van der Waals surface area contributed by atoms with E-state index in [1.165, 1.54) is 6.07 Å². The predicted octanol–water partition coefficient (Wildman–Crippen LogP) is 6.64. The Morgan fingerprint density at radius 3 is 2.00 bits per heavy atom. The molecule has 0 saturated carbocycles. The molecule has 2 aromatic carbocycles. The summed E-state index contributed by atoms with van der Waals surface area (Å²) in [6, 6.07) is 7.75. The van der Waals surface area contributed by atoms with Crippen LogP contribution in [0.5, 0.6) is 5.75 Å². The molecule has 0 spiro atoms. The Balaban J connectivity index is 2.81. The fourth-order valence-corrected chi connectivity index (χ4v) is 2.59. The van der Waals surface area contributed by atoms with Crippen LogP contribution in [0.2, 0.25) is 0 Å². The summed E-state index contributed by atoms with van der Waals surface area (Å²) < 4.78 is -3.37. The van der Waals surface area contributed by atoms with Gasteiger partial charge in [-0.05, 0) is 17.5 Å². The maximum Gasteiger partial charge on any atom is 0.216 e. The molecular weight excluding hydrogens is 373 g/mol. The van der Waals surface area contributed by atoms with Gasteiger partial charge in [0, 0.05) is 16.5 Å². The van der Waals surface area contributed by atoms with Crippen molar-refractivity contribution in [1.29, 1.82) is 0 Å². The maximum atomic E-state index is 12.2. The van der Waals surface area contributed by atoms with E-state index < -0.39 is 7.59 Å². The van der Waals surface area contributed by atoms with Crippen molar-refractivity contribution in [2.75, 3.05) is 0 Å². The van der Waals surface area contributed by atoms with Crippen LogP contribution in [0.4, 0.5) is 0 Å². The Hall–Kier alpha value is 0.240. The van der Waals surface area contributed by atoms with Crippen molar-refractivity contribution in [3.63, 3.8) is 0 Å². The minimum absolute atomic E-state index is 0.275. The topological polar surface area (TPSA) is 19.9 Å². The predicted molar refractivity (Wildman–Crippen MR) is 82.6 cm³/mol. The van der Waals surface area contributed by atoms with Crippen molar-refractivity contribution in [1.82, 2.24) is 0 Å². The number of rotatable bonds is 0. The molecule has 0 bridgehead atoms. The molecule has 0 atom stereocenters. The zero-order chi connectivity index (χ0) is 14.4. The van der Waals surface area contributed by atoms with Gasteiger partial charge in [0.1, 0.15) is 0 Å². The van der Waals surface area contributed by atoms with E-state index in [2.05, 4.69) is 0 Å². The van der Waals surface area contributed by atoms with Crippen LogP contribution in [-0.4, -0.2) is 0 Å². The standard InChI is InChI=1S/C12H5Cl6O/c13-11(14,15)7-4-6-2-1-3-8(12(16,17)18)10(6)9(19)5-7/h1-5H. The summed E-state index contributed by atoms with van der Waals surface area (Å²) in [5.41, 5.74) is 0.576. The van der Waals surface area contributed by atoms with Gasteiger partial charge in [0.25, 0.3) is 0 Å². The lowest BCUT2D eigenvalue weighted by Crippen LogP contribution is -2.03. The summed E-state index contributed by atoms with van der Waals surface area (Å²) in [5, 5.41) is 13.0. The van der Waals surface area contributed by atoms with E-state index in [0.29, 0.717) is 16.3 Å². The van der Waals surface area contributed by atoms with Gasteiger partial charge in [-0.3, -0.25) is 5.11 Å². The molecule has 1 radical (unpaired) electrons. The normalized spacial score (nSPS) is 12.9. The van der Waals surface area contributed by atoms with Crippen molar-refractivity contribution in [3.8, 4) is 5.75 Å². The molecule has 0 unspecified atom stereocenters. The van der Waals surface area contributed by atoms with Crippen molar-refractivity contribution in [2.45, 2.75) is 7.59 Å². The number of halogens is 6. The first kappa shape index (κ1) is 15.6. The molecule has 0 saturated heterocycles. The number of benzene rings is 2. The molecule has 0 aromatic heterocycles. The van der Waals surface area contributed by atoms with Gasteiger partial charge in [0.15, 0.2) is 5.75 Å². The smallest absolute Gasteiger partial charge is 0.216 e. The van der Waals surface area contributed by atoms with E-state index in [1.807, 2.05) is 0 Å². The Morgan fingerprint density at radius 2 is 1.47 bits per heavy atom. The Kier molecular flexibility index (Phi) is 4.29. The fourth-order valence-electron chi connectivity index (χ4n) is 1.79. The highest BCUT2D eigenvalue weighted by Gasteiger charge is 2.29. The summed E-state index contributed by atoms with van der Waals surface area (Å²) >= 11 is 34.9. The molecule has 101 valence electrons. The summed E-state index contributed by atoms with van der Waals surface area (Å²) in [4.78, 5) is 0. The minimum atomic E-state index is -1.69. The molecule has 0 heterocycles. The first-order valence-corrected chi connectivity index (χ1v) is 7.25. The second kappa shape index (κ2) is 5.22. The van der Waals surface area contributed by atoms with Gasteiger partial charge in [-0.15, -0.1) is 0 Å². The second-order valence-corrected chi connectivity index (χ2v) is 8.44. The Morgan fingerprint density at radius 1 is 0.842 bits per heavy atom. The molecular formula is C12H5Cl6O. The lowest BCUT2D eigenvalue weighted by atomic mass is 10.0. The van der Waals surface area contributed by atoms with Gasteiger partial charge < -0.3 is 0 Å². The quantitative estimate of drug-likeness (QED) is 0.459. The molecule has 0 amide bonds. The zero-order valence-electron chi connectivity index (χ0n) is 9.06. The largest absolute Gasteiger partial charge is 0.289 e. The number of fused-ring (bicyclic) bond motifs is 1. The lowest BCUT2D eigenvalue weighted by Gasteiger charge is -2.17. The third-order valence-corrected chi connectivity index (χ3v) is 3.84. The summed E-state index contributed by atoms with van der Waals surface area (Å²) in [7, 11) is 0. The molecule has 0 N–H and O–H groups in total. The molecule has 2 rings (SSSR count). The van der Waals surface area contributed by atoms with Crippen molar-refractivity contribution < 1.29 is 5.11 Å². The highest BCUT2D eigenvalue weighted by Crippen LogP contribution is 2.47. The van der Waals surface area contributed by atoms with Crippen molar-refractivity contribution >= 4 is 80.4 Å². The second-order valence-electron chi connectivity index (χ2n) is 3.87. The summed E-state index contributed by atoms with van der Waals surface area (Å²) in [6.45, 7) is 0. The highest BCUT2D eigenvalue weighted by molar-refractivity contribution is 6.67. The molecule has 2 aromatic rings. The third-order valence-electron chi connectivity index (χ3n) is 2.57. The van der Waals surface area contributed by atoms with Crippen LogP contribution in [-0.2, 0) is 12.7 Å². The average molecular weight is 378 g/mol. The minimum Gasteiger partial charge on any atom is -0.289 e. The van der Waals surface area contributed by atoms with E-state index >= 15 is 0 Å². The van der Waals surface area contributed by atoms with Crippen molar-refractivity contribution in [2.24, 2.45) is 0 Å². The molecule has 0 fully saturated rings. The Labute approximate surface area is 139 Å². The first-order valence-electron chi connectivity index (χ1n) is 4.99. The highest BCUT2D eigenvalue weighted by atomic mass is 35.6. The van der Waals surface area contributed by atoms with Crippen LogP contribution in [0, 0.1) is 0 Å². The molecule has 0 aliphatic heterocycles. The summed E-state index contributed by atoms with van der Waals surface area (Å²) in [5.74, 6) is -0.360. The zero-order valence-corrected chi connectivity index (χ0v) is 13.6. The van der Waals surface area contributed by atoms with Gasteiger partial charge in [-0.2, -0.15) is 0 Å². The molecule has 7 heteroatoms. The van der Waals surface area contributed by atoms with Gasteiger partial charge in [-0.1, -0.05) is 87.8 Å². The number of alkyl halides is 6. The first-order chi connectivity index (χ1) is 8.60. The van der Waals surface area contributed by atoms with Crippen LogP contribution in [0.25, 0.3) is 10.8 Å². The van der Waals surface area contributed by atoms with Gasteiger partial charge in [-0.25, -0.2) is 0 Å². The van der Waals surface area contributed by atoms with E-state index in [0.717, 1.165) is 0 Å². The molecule has 0 aliphatic rings. The number of hydrogen-bond acceptors (Lipinski definition) is 0. The SMILES string of the molecule is [O]c1cc(C(Cl)(Cl)Cl)cc2cccc(C(Cl)(Cl)Cl)c12. The van der Waals surface area contributed by atoms with E-state index in [1.54, 1.807) is 24.3 Å². The number of hydrogen-bond donors (Lipinski definition) is 0. The van der Waals surface area contributed by atoms with Gasteiger partial charge >= 0.3 is 0 Å². The van der Waals surface area contributed by atoms with Crippen LogP contribution in [0.1, 0.15) is 11.1 Å². The molecule has 19 heavy (non-hydrogen) atoms. The Bertz CT molecular complexity index is 626. The monoisotopic (exact) mass is 375 g/mol. The van der Waals surface area contributed by atoms with Crippen LogP contribution < -0.4 is 0 Å². The van der Waals surface area contributed by atoms with E-state index in [4.69, 9.17) is 69.6 Å². The fraction of sp³-hybridized carbons (Fsp3) is 0.167. The maximum absolute atomic E-state index is 12.2. The van der Waals surface area contributed by atoms with E-state index in [9.17, 15) is 5.11 Å².